The third-order valence-electron chi connectivity index (χ3n) is 7.26. The number of aromatic amines is 2. The van der Waals surface area contributed by atoms with E-state index in [1.807, 2.05) is 60.7 Å². The molecule has 0 amide bonds. The summed E-state index contributed by atoms with van der Waals surface area (Å²) in [6.07, 6.45) is 7.40. The smallest absolute Gasteiger partial charge is 0.744 e. The van der Waals surface area contributed by atoms with Gasteiger partial charge in [0.2, 0.25) is 0 Å². The molecule has 10 nitrogen and oxygen atoms in total. The van der Waals surface area contributed by atoms with Crippen LogP contribution in [0.25, 0.3) is 68.6 Å². The van der Waals surface area contributed by atoms with Gasteiger partial charge >= 0.3 is 59.1 Å². The zero-order valence-corrected chi connectivity index (χ0v) is 30.2. The first-order valence-electron chi connectivity index (χ1n) is 13.2. The Hall–Kier alpha value is -3.14. The SMILES string of the molecule is O=S(=O)([O-])c1ccc(-c2c3nc(cc4ccc([nH]4)c(-c4ccc(S(=O)(=O)[O-])cc4)c4ccc(cc5nc2C=C5)[nH]4)C=C3)cc1.[Na+].[Na+]. The Kier molecular flexibility index (Phi) is 9.79. The molecule has 3 aromatic heterocycles. The molecule has 8 bridgehead atoms. The monoisotopic (exact) mass is 666 g/mol. The molecule has 5 heterocycles. The molecular formula is C32H20N4Na2O6S2. The van der Waals surface area contributed by atoms with Crippen LogP contribution in [0.15, 0.2) is 94.7 Å². The van der Waals surface area contributed by atoms with E-state index < -0.39 is 20.2 Å². The number of rotatable bonds is 4. The molecule has 2 aliphatic rings. The Morgan fingerprint density at radius 2 is 0.891 bits per heavy atom. The van der Waals surface area contributed by atoms with Crippen LogP contribution in [0.5, 0.6) is 0 Å². The third-order valence-corrected chi connectivity index (χ3v) is 8.96. The quantitative estimate of drug-likeness (QED) is 0.192. The van der Waals surface area contributed by atoms with Crippen molar-refractivity contribution >= 4 is 66.6 Å². The Bertz CT molecular complexity index is 2340. The van der Waals surface area contributed by atoms with E-state index >= 15 is 0 Å². The molecule has 2 aliphatic heterocycles. The fourth-order valence-corrected chi connectivity index (χ4v) is 6.20. The van der Waals surface area contributed by atoms with E-state index in [0.717, 1.165) is 27.6 Å². The number of aromatic nitrogens is 4. The van der Waals surface area contributed by atoms with Gasteiger partial charge in [-0.05, 0) is 96.1 Å². The minimum absolute atomic E-state index is 0. The number of hydrogen-bond donors (Lipinski definition) is 2. The van der Waals surface area contributed by atoms with Gasteiger partial charge in [0.25, 0.3) is 0 Å². The predicted molar refractivity (Wildman–Crippen MR) is 166 cm³/mol. The van der Waals surface area contributed by atoms with Crippen molar-refractivity contribution in [2.75, 3.05) is 0 Å². The third kappa shape index (κ3) is 6.92. The molecule has 5 aromatic rings. The molecule has 0 unspecified atom stereocenters. The summed E-state index contributed by atoms with van der Waals surface area (Å²) >= 11 is 0. The van der Waals surface area contributed by atoms with Gasteiger partial charge in [0.15, 0.2) is 0 Å². The van der Waals surface area contributed by atoms with Gasteiger partial charge in [-0.3, -0.25) is 0 Å². The minimum Gasteiger partial charge on any atom is -0.744 e. The van der Waals surface area contributed by atoms with Gasteiger partial charge in [-0.1, -0.05) is 24.3 Å². The van der Waals surface area contributed by atoms with Crippen molar-refractivity contribution in [1.29, 1.82) is 0 Å². The molecule has 0 fully saturated rings. The Balaban J connectivity index is 0.00000208. The second kappa shape index (κ2) is 13.2. The van der Waals surface area contributed by atoms with Crippen molar-refractivity contribution in [2.45, 2.75) is 9.79 Å². The second-order valence-corrected chi connectivity index (χ2v) is 12.9. The van der Waals surface area contributed by atoms with Crippen LogP contribution in [0.1, 0.15) is 22.8 Å². The first-order chi connectivity index (χ1) is 21.0. The summed E-state index contributed by atoms with van der Waals surface area (Å²) in [5.74, 6) is 0. The van der Waals surface area contributed by atoms with Crippen LogP contribution in [-0.2, 0) is 20.2 Å². The normalized spacial score (nSPS) is 12.4. The largest absolute Gasteiger partial charge is 1.00 e. The van der Waals surface area contributed by atoms with Crippen LogP contribution in [-0.4, -0.2) is 45.9 Å². The second-order valence-electron chi connectivity index (χ2n) is 10.2. The molecule has 7 rings (SSSR count). The van der Waals surface area contributed by atoms with Crippen LogP contribution in [0.2, 0.25) is 0 Å². The van der Waals surface area contributed by atoms with Crippen molar-refractivity contribution < 1.29 is 85.1 Å². The summed E-state index contributed by atoms with van der Waals surface area (Å²) in [4.78, 5) is 15.8. The van der Waals surface area contributed by atoms with Crippen molar-refractivity contribution in [1.82, 2.24) is 19.9 Å². The average molecular weight is 667 g/mol. The fourth-order valence-electron chi connectivity index (χ4n) is 5.26. The van der Waals surface area contributed by atoms with Gasteiger partial charge in [0.05, 0.1) is 32.6 Å². The molecule has 2 N–H and O–H groups in total. The molecule has 14 heteroatoms. The van der Waals surface area contributed by atoms with Crippen LogP contribution in [0.3, 0.4) is 0 Å². The number of fused-ring (bicyclic) bond motifs is 8. The summed E-state index contributed by atoms with van der Waals surface area (Å²) in [7, 11) is -9.19. The summed E-state index contributed by atoms with van der Waals surface area (Å²) in [6.45, 7) is 0. The van der Waals surface area contributed by atoms with Crippen molar-refractivity contribution in [3.63, 3.8) is 0 Å². The first-order valence-corrected chi connectivity index (χ1v) is 16.1. The number of nitrogens with one attached hydrogen (secondary N) is 2. The van der Waals surface area contributed by atoms with E-state index in [1.54, 1.807) is 24.3 Å². The van der Waals surface area contributed by atoms with Crippen LogP contribution in [0.4, 0.5) is 0 Å². The van der Waals surface area contributed by atoms with Gasteiger partial charge in [-0.2, -0.15) is 0 Å². The van der Waals surface area contributed by atoms with E-state index in [2.05, 4.69) is 9.97 Å². The van der Waals surface area contributed by atoms with Crippen LogP contribution < -0.4 is 59.1 Å². The predicted octanol–water partition coefficient (Wildman–Crippen LogP) is -0.194. The van der Waals surface area contributed by atoms with Crippen molar-refractivity contribution in [2.24, 2.45) is 0 Å². The average Bonchev–Trinajstić information content (AvgIpc) is 3.79. The van der Waals surface area contributed by atoms with Gasteiger partial charge in [-0.25, -0.2) is 26.8 Å². The minimum atomic E-state index is -4.60. The number of benzene rings is 2. The molecule has 218 valence electrons. The number of hydrogen-bond acceptors (Lipinski definition) is 8. The zero-order valence-electron chi connectivity index (χ0n) is 24.6. The summed E-state index contributed by atoms with van der Waals surface area (Å²) in [5, 5.41) is 0. The van der Waals surface area contributed by atoms with Gasteiger partial charge in [0.1, 0.15) is 20.2 Å². The fraction of sp³-hybridized carbons (Fsp3) is 0. The molecule has 0 saturated carbocycles. The molecule has 0 atom stereocenters. The van der Waals surface area contributed by atoms with Crippen LogP contribution in [0, 0.1) is 0 Å². The summed E-state index contributed by atoms with van der Waals surface area (Å²) in [5.41, 5.74) is 8.31. The molecule has 46 heavy (non-hydrogen) atoms. The zero-order chi connectivity index (χ0) is 30.6. The molecule has 0 saturated heterocycles. The Morgan fingerprint density at radius 1 is 0.500 bits per heavy atom. The van der Waals surface area contributed by atoms with E-state index in [1.165, 1.54) is 24.3 Å². The number of H-pyrrole nitrogens is 2. The maximum Gasteiger partial charge on any atom is 1.00 e. The standard InChI is InChI=1S/C32H22N4O6S2.2Na/c37-43(38,39)25-9-1-19(2-10-25)31-27-13-5-21(33-27)17-23-7-15-29(35-23)32(20-3-11-26(12-4-20)44(40,41)42)30-16-8-24(36-30)18-22-6-14-28(31)34-22;;/h1-18,33-34H,(H,37,38,39)(H,40,41,42);;/q;2*+1/p-2. The van der Waals surface area contributed by atoms with E-state index in [0.29, 0.717) is 39.5 Å². The Morgan fingerprint density at radius 3 is 1.28 bits per heavy atom. The topological polar surface area (TPSA) is 172 Å². The number of nitrogens with zero attached hydrogens (tertiary/aromatic N) is 2. The maximum atomic E-state index is 11.5. The van der Waals surface area contributed by atoms with Crippen molar-refractivity contribution in [3.8, 4) is 22.3 Å². The maximum absolute atomic E-state index is 11.5. The summed E-state index contributed by atoms with van der Waals surface area (Å²) < 4.78 is 69.1. The van der Waals surface area contributed by atoms with Gasteiger partial charge < -0.3 is 19.1 Å². The molecule has 0 spiro atoms. The Labute approximate surface area is 308 Å². The van der Waals surface area contributed by atoms with Crippen LogP contribution >= 0.6 is 0 Å². The summed E-state index contributed by atoms with van der Waals surface area (Å²) in [6, 6.07) is 22.8. The van der Waals surface area contributed by atoms with E-state index in [-0.39, 0.29) is 68.9 Å². The first kappa shape index (κ1) is 34.2. The van der Waals surface area contributed by atoms with Crippen molar-refractivity contribution in [3.05, 3.63) is 108 Å². The van der Waals surface area contributed by atoms with E-state index in [9.17, 15) is 25.9 Å². The van der Waals surface area contributed by atoms with Gasteiger partial charge in [-0.15, -0.1) is 0 Å². The molecule has 0 aliphatic carbocycles. The van der Waals surface area contributed by atoms with Gasteiger partial charge in [0, 0.05) is 33.2 Å². The molecule has 0 radical (unpaired) electrons. The molecule has 2 aromatic carbocycles. The van der Waals surface area contributed by atoms with E-state index in [4.69, 9.17) is 9.97 Å². The molecular weight excluding hydrogens is 646 g/mol.